The summed E-state index contributed by atoms with van der Waals surface area (Å²) in [6, 6.07) is 3.99. The Kier molecular flexibility index (Phi) is 7.29. The van der Waals surface area contributed by atoms with Crippen molar-refractivity contribution in [3.05, 3.63) is 53.9 Å². The van der Waals surface area contributed by atoms with Gasteiger partial charge in [0, 0.05) is 63.2 Å². The summed E-state index contributed by atoms with van der Waals surface area (Å²) in [7, 11) is 3.78. The van der Waals surface area contributed by atoms with E-state index in [1.807, 2.05) is 69.8 Å². The summed E-state index contributed by atoms with van der Waals surface area (Å²) in [5.41, 5.74) is 11.4. The van der Waals surface area contributed by atoms with Crippen LogP contribution in [0.15, 0.2) is 36.9 Å². The molecule has 0 spiro atoms. The summed E-state index contributed by atoms with van der Waals surface area (Å²) in [6.45, 7) is 5.12. The van der Waals surface area contributed by atoms with E-state index in [2.05, 4.69) is 75.9 Å². The van der Waals surface area contributed by atoms with Crippen molar-refractivity contribution >= 4 is 52.8 Å². The molecule has 6 aromatic heterocycles. The van der Waals surface area contributed by atoms with E-state index in [1.165, 1.54) is 0 Å². The van der Waals surface area contributed by atoms with Crippen LogP contribution in [0.2, 0.25) is 0 Å². The van der Waals surface area contributed by atoms with Gasteiger partial charge in [-0.3, -0.25) is 0 Å². The number of aryl methyl sites for hydroxylation is 2. The number of hydrogen-bond acceptors (Lipinski definition) is 12. The van der Waals surface area contributed by atoms with Gasteiger partial charge in [0.05, 0.1) is 23.7 Å². The number of anilines is 9. The van der Waals surface area contributed by atoms with Crippen molar-refractivity contribution in [2.75, 3.05) is 52.1 Å². The fourth-order valence-electron chi connectivity index (χ4n) is 4.44. The van der Waals surface area contributed by atoms with Gasteiger partial charge in [-0.1, -0.05) is 0 Å². The highest BCUT2D eigenvalue weighted by atomic mass is 15.4. The largest absolute Gasteiger partial charge is 0.368 e. The molecule has 0 fully saturated rings. The van der Waals surface area contributed by atoms with E-state index in [4.69, 9.17) is 10.7 Å². The molecule has 18 nitrogen and oxygen atoms in total. The first-order chi connectivity index (χ1) is 20.8. The maximum Gasteiger partial charge on any atom is 0.248 e. The standard InChI is InChI=1S/C25H34N18/c1-14-11-42(12-19(14)31-22-32-20(26)35-36-22)13-43(25-34-23(38-40-25)30-18-5-7-27-15(18)2)8-6-16-9-17(10-28-16)29-21-33-24(39-37-21)41(3)4/h5,7,9-12,27-28H,6,8,13H2,1-4H3,(H2,29,33,37,39)(H2,30,34,38,40)(H4,26,31,32,35,36). The average Bonchev–Trinajstić information content (AvgIpc) is 3.81. The number of nitrogen functional groups attached to an aromatic ring is 1. The predicted octanol–water partition coefficient (Wildman–Crippen LogP) is 2.70. The fraction of sp³-hybridized carbons (Fsp3) is 0.280. The van der Waals surface area contributed by atoms with Gasteiger partial charge in [-0.05, 0) is 31.5 Å². The van der Waals surface area contributed by atoms with Gasteiger partial charge < -0.3 is 46.0 Å². The van der Waals surface area contributed by atoms with E-state index in [0.717, 1.165) is 34.0 Å². The van der Waals surface area contributed by atoms with Crippen LogP contribution in [0.5, 0.6) is 0 Å². The minimum atomic E-state index is 0.247. The van der Waals surface area contributed by atoms with Crippen molar-refractivity contribution in [2.24, 2.45) is 0 Å². The number of nitrogens with zero attached hydrogens (tertiary/aromatic N) is 9. The van der Waals surface area contributed by atoms with Gasteiger partial charge >= 0.3 is 0 Å². The number of aromatic nitrogens is 12. The van der Waals surface area contributed by atoms with Gasteiger partial charge in [0.25, 0.3) is 0 Å². The fourth-order valence-corrected chi connectivity index (χ4v) is 4.44. The number of hydrogen-bond donors (Lipinski definition) is 9. The quantitative estimate of drug-likeness (QED) is 0.0951. The van der Waals surface area contributed by atoms with Crippen LogP contribution < -0.4 is 31.5 Å². The highest BCUT2D eigenvalue weighted by Gasteiger charge is 2.16. The molecule has 0 atom stereocenters. The number of nitrogens with one attached hydrogen (secondary N) is 8. The van der Waals surface area contributed by atoms with Crippen molar-refractivity contribution in [1.29, 1.82) is 0 Å². The van der Waals surface area contributed by atoms with Crippen LogP contribution >= 0.6 is 0 Å². The molecule has 6 rings (SSSR count). The Hall–Kier alpha value is -5.94. The Labute approximate surface area is 245 Å². The zero-order valence-electron chi connectivity index (χ0n) is 24.2. The first kappa shape index (κ1) is 27.2. The summed E-state index contributed by atoms with van der Waals surface area (Å²) in [4.78, 5) is 23.7. The maximum absolute atomic E-state index is 5.67. The van der Waals surface area contributed by atoms with E-state index < -0.39 is 0 Å². The molecule has 224 valence electrons. The number of H-pyrrole nitrogens is 5. The van der Waals surface area contributed by atoms with Crippen molar-refractivity contribution in [1.82, 2.24) is 60.1 Å². The third kappa shape index (κ3) is 6.37. The molecule has 0 bridgehead atoms. The zero-order valence-corrected chi connectivity index (χ0v) is 24.2. The minimum absolute atomic E-state index is 0.247. The van der Waals surface area contributed by atoms with Crippen LogP contribution in [0.3, 0.4) is 0 Å². The highest BCUT2D eigenvalue weighted by Crippen LogP contribution is 2.23. The van der Waals surface area contributed by atoms with E-state index in [1.54, 1.807) is 0 Å². The molecule has 0 aliphatic rings. The molecule has 0 saturated heterocycles. The molecule has 6 aromatic rings. The second-order valence-electron chi connectivity index (χ2n) is 10.2. The molecular weight excluding hydrogens is 552 g/mol. The Morgan fingerprint density at radius 1 is 0.884 bits per heavy atom. The average molecular weight is 587 g/mol. The lowest BCUT2D eigenvalue weighted by Gasteiger charge is -2.21. The van der Waals surface area contributed by atoms with Gasteiger partial charge in [-0.25, -0.2) is 15.3 Å². The third-order valence-electron chi connectivity index (χ3n) is 6.66. The molecule has 0 radical (unpaired) electrons. The Balaban J connectivity index is 1.17. The van der Waals surface area contributed by atoms with E-state index >= 15 is 0 Å². The van der Waals surface area contributed by atoms with E-state index in [9.17, 15) is 0 Å². The van der Waals surface area contributed by atoms with Crippen molar-refractivity contribution in [2.45, 2.75) is 26.9 Å². The van der Waals surface area contributed by atoms with Crippen LogP contribution in [0.1, 0.15) is 17.0 Å². The maximum atomic E-state index is 5.67. The lowest BCUT2D eigenvalue weighted by molar-refractivity contribution is 0.621. The molecule has 0 aliphatic carbocycles. The van der Waals surface area contributed by atoms with Gasteiger partial charge in [-0.15, -0.1) is 15.3 Å². The summed E-state index contributed by atoms with van der Waals surface area (Å²) in [5, 5.41) is 31.0. The monoisotopic (exact) mass is 586 g/mol. The summed E-state index contributed by atoms with van der Waals surface area (Å²) >= 11 is 0. The molecule has 6 heterocycles. The number of rotatable bonds is 13. The van der Waals surface area contributed by atoms with Crippen molar-refractivity contribution in [3.8, 4) is 0 Å². The first-order valence-electron chi connectivity index (χ1n) is 13.5. The molecule has 0 amide bonds. The van der Waals surface area contributed by atoms with Crippen molar-refractivity contribution in [3.63, 3.8) is 0 Å². The summed E-state index contributed by atoms with van der Waals surface area (Å²) in [6.07, 6.45) is 8.50. The van der Waals surface area contributed by atoms with Gasteiger partial charge in [0.1, 0.15) is 0 Å². The van der Waals surface area contributed by atoms with Crippen molar-refractivity contribution < 1.29 is 0 Å². The van der Waals surface area contributed by atoms with E-state index in [0.29, 0.717) is 49.4 Å². The van der Waals surface area contributed by atoms with Gasteiger partial charge in [0.2, 0.25) is 35.7 Å². The molecule has 0 aromatic carbocycles. The third-order valence-corrected chi connectivity index (χ3v) is 6.66. The molecule has 43 heavy (non-hydrogen) atoms. The Morgan fingerprint density at radius 3 is 2.40 bits per heavy atom. The van der Waals surface area contributed by atoms with Crippen LogP contribution in [0.25, 0.3) is 0 Å². The SMILES string of the molecule is Cc1cn(CN(CCc2cc(Nc3nc(N(C)C)n[nH]3)c[nH]2)c2n[nH]c(Nc3cc[nH]c3C)n2)cc1Nc1n[nH]c(N)n1. The smallest absolute Gasteiger partial charge is 0.248 e. The second-order valence-corrected chi connectivity index (χ2v) is 10.2. The second kappa shape index (κ2) is 11.5. The molecule has 0 unspecified atom stereocenters. The summed E-state index contributed by atoms with van der Waals surface area (Å²) in [5.74, 6) is 2.92. The molecular formula is C25H34N18. The lowest BCUT2D eigenvalue weighted by Crippen LogP contribution is -2.29. The first-order valence-corrected chi connectivity index (χ1v) is 13.5. The summed E-state index contributed by atoms with van der Waals surface area (Å²) < 4.78 is 2.06. The Morgan fingerprint density at radius 2 is 1.67 bits per heavy atom. The van der Waals surface area contributed by atoms with E-state index in [-0.39, 0.29) is 5.95 Å². The lowest BCUT2D eigenvalue weighted by atomic mass is 10.3. The van der Waals surface area contributed by atoms with Gasteiger partial charge in [0.15, 0.2) is 0 Å². The number of nitrogens with two attached hydrogens (primary N) is 1. The number of aromatic amines is 5. The zero-order chi connectivity index (χ0) is 29.9. The minimum Gasteiger partial charge on any atom is -0.368 e. The topological polar surface area (TPSA) is 230 Å². The normalized spacial score (nSPS) is 11.2. The molecule has 0 saturated carbocycles. The van der Waals surface area contributed by atoms with Crippen LogP contribution in [0.4, 0.5) is 52.8 Å². The van der Waals surface area contributed by atoms with Crippen LogP contribution in [-0.2, 0) is 13.1 Å². The highest BCUT2D eigenvalue weighted by molar-refractivity contribution is 5.59. The van der Waals surface area contributed by atoms with Gasteiger partial charge in [-0.2, -0.15) is 15.0 Å². The molecule has 18 heteroatoms. The molecule has 0 aliphatic heterocycles. The van der Waals surface area contributed by atoms with Crippen LogP contribution in [-0.4, -0.2) is 80.7 Å². The Bertz CT molecular complexity index is 1780. The molecule has 10 N–H and O–H groups in total. The van der Waals surface area contributed by atoms with Crippen LogP contribution in [0, 0.1) is 13.8 Å². The predicted molar refractivity (Wildman–Crippen MR) is 164 cm³/mol.